The molecule has 10 heteroatoms. The Morgan fingerprint density at radius 3 is 2.61 bits per heavy atom. The second-order valence-electron chi connectivity index (χ2n) is 7.08. The normalized spacial score (nSPS) is 15.7. The van der Waals surface area contributed by atoms with Gasteiger partial charge in [0.15, 0.2) is 5.96 Å². The molecule has 1 atom stereocenters. The number of nitro groups is 1. The molecular weight excluding hydrogens is 529 g/mol. The van der Waals surface area contributed by atoms with Crippen molar-refractivity contribution in [1.29, 1.82) is 0 Å². The van der Waals surface area contributed by atoms with E-state index in [1.165, 1.54) is 17.0 Å². The first-order valence-corrected chi connectivity index (χ1v) is 11.2. The van der Waals surface area contributed by atoms with Crippen LogP contribution in [0.15, 0.2) is 46.8 Å². The maximum atomic E-state index is 10.8. The topological polar surface area (TPSA) is 92.0 Å². The van der Waals surface area contributed by atoms with Crippen LogP contribution in [0.3, 0.4) is 0 Å². The van der Waals surface area contributed by atoms with Crippen LogP contribution in [0.5, 0.6) is 0 Å². The fourth-order valence-corrected chi connectivity index (χ4v) is 4.15. The number of aliphatic imine (C=N–C) groups is 1. The van der Waals surface area contributed by atoms with E-state index in [1.54, 1.807) is 23.5 Å². The Balaban J connectivity index is 0.00000341. The van der Waals surface area contributed by atoms with Crippen LogP contribution in [0.25, 0.3) is 0 Å². The van der Waals surface area contributed by atoms with E-state index in [-0.39, 0.29) is 40.6 Å². The minimum absolute atomic E-state index is 0. The van der Waals surface area contributed by atoms with Crippen LogP contribution < -0.4 is 10.6 Å². The summed E-state index contributed by atoms with van der Waals surface area (Å²) in [6, 6.07) is 11.1. The van der Waals surface area contributed by atoms with Crippen LogP contribution >= 0.6 is 35.3 Å². The molecule has 0 saturated carbocycles. The number of nitro benzene ring substituents is 1. The highest BCUT2D eigenvalue weighted by Crippen LogP contribution is 2.25. The van der Waals surface area contributed by atoms with Crippen LogP contribution in [-0.4, -0.2) is 55.2 Å². The molecule has 1 saturated heterocycles. The standard InChI is InChI=1S/C21H29N5O3S.HI/c1-2-9-22-21(23-15-17-5-7-18(8-6-17)26(27)28)24-16-19(20-4-3-14-30-20)25-10-12-29-13-11-25;/h3-8,14,19H,2,9-13,15-16H2,1H3,(H2,22,23,24);1H. The molecule has 2 N–H and O–H groups in total. The first kappa shape index (κ1) is 25.5. The number of non-ortho nitro benzene ring substituents is 1. The molecule has 0 aliphatic carbocycles. The van der Waals surface area contributed by atoms with Gasteiger partial charge in [-0.2, -0.15) is 0 Å². The van der Waals surface area contributed by atoms with E-state index >= 15 is 0 Å². The maximum absolute atomic E-state index is 10.8. The van der Waals surface area contributed by atoms with Gasteiger partial charge in [0.1, 0.15) is 0 Å². The summed E-state index contributed by atoms with van der Waals surface area (Å²) in [4.78, 5) is 18.9. The molecule has 8 nitrogen and oxygen atoms in total. The van der Waals surface area contributed by atoms with Crippen molar-refractivity contribution >= 4 is 47.0 Å². The van der Waals surface area contributed by atoms with Gasteiger partial charge in [0.05, 0.1) is 30.7 Å². The number of nitrogens with one attached hydrogen (secondary N) is 2. The predicted molar refractivity (Wildman–Crippen MR) is 135 cm³/mol. The molecule has 0 radical (unpaired) electrons. The number of hydrogen-bond acceptors (Lipinski definition) is 6. The Kier molecular flexibility index (Phi) is 11.2. The van der Waals surface area contributed by atoms with Crippen molar-refractivity contribution in [2.24, 2.45) is 4.99 Å². The van der Waals surface area contributed by atoms with E-state index < -0.39 is 0 Å². The number of halogens is 1. The smallest absolute Gasteiger partial charge is 0.269 e. The van der Waals surface area contributed by atoms with Crippen LogP contribution in [-0.2, 0) is 11.3 Å². The quantitative estimate of drug-likeness (QED) is 0.160. The van der Waals surface area contributed by atoms with Crippen molar-refractivity contribution in [1.82, 2.24) is 15.5 Å². The zero-order valence-corrected chi connectivity index (χ0v) is 20.8. The molecule has 1 aliphatic rings. The summed E-state index contributed by atoms with van der Waals surface area (Å²) in [6.07, 6.45) is 0.996. The van der Waals surface area contributed by atoms with E-state index in [4.69, 9.17) is 4.74 Å². The maximum Gasteiger partial charge on any atom is 0.269 e. The van der Waals surface area contributed by atoms with Gasteiger partial charge in [-0.1, -0.05) is 25.1 Å². The molecule has 1 aromatic carbocycles. The lowest BCUT2D eigenvalue weighted by Crippen LogP contribution is -2.46. The number of guanidine groups is 1. The van der Waals surface area contributed by atoms with E-state index in [1.807, 2.05) is 0 Å². The first-order chi connectivity index (χ1) is 14.7. The van der Waals surface area contributed by atoms with E-state index in [0.29, 0.717) is 6.54 Å². The summed E-state index contributed by atoms with van der Waals surface area (Å²) < 4.78 is 5.52. The molecule has 3 rings (SSSR count). The van der Waals surface area contributed by atoms with Gasteiger partial charge >= 0.3 is 0 Å². The molecule has 2 heterocycles. The number of morpholine rings is 1. The predicted octanol–water partition coefficient (Wildman–Crippen LogP) is 3.79. The van der Waals surface area contributed by atoms with Crippen LogP contribution in [0.4, 0.5) is 5.69 Å². The average Bonchev–Trinajstić information content (AvgIpc) is 3.31. The van der Waals surface area contributed by atoms with Crippen molar-refractivity contribution in [3.8, 4) is 0 Å². The first-order valence-electron chi connectivity index (χ1n) is 10.3. The molecule has 0 spiro atoms. The van der Waals surface area contributed by atoms with Crippen molar-refractivity contribution < 1.29 is 9.66 Å². The average molecular weight is 559 g/mol. The van der Waals surface area contributed by atoms with Gasteiger partial charge in [0.25, 0.3) is 5.69 Å². The second-order valence-corrected chi connectivity index (χ2v) is 8.05. The monoisotopic (exact) mass is 559 g/mol. The Morgan fingerprint density at radius 1 is 1.26 bits per heavy atom. The molecule has 1 aromatic heterocycles. The number of hydrogen-bond donors (Lipinski definition) is 2. The third kappa shape index (κ3) is 8.02. The van der Waals surface area contributed by atoms with Gasteiger partial charge in [-0.3, -0.25) is 15.0 Å². The summed E-state index contributed by atoms with van der Waals surface area (Å²) in [7, 11) is 0. The highest BCUT2D eigenvalue weighted by atomic mass is 127. The summed E-state index contributed by atoms with van der Waals surface area (Å²) in [5.74, 6) is 0.755. The van der Waals surface area contributed by atoms with Crippen LogP contribution in [0.2, 0.25) is 0 Å². The van der Waals surface area contributed by atoms with Crippen LogP contribution in [0, 0.1) is 10.1 Å². The van der Waals surface area contributed by atoms with Gasteiger partial charge in [0, 0.05) is 43.2 Å². The van der Waals surface area contributed by atoms with Gasteiger partial charge in [-0.15, -0.1) is 35.3 Å². The molecular formula is C21H30IN5O3S. The zero-order chi connectivity index (χ0) is 21.2. The lowest BCUT2D eigenvalue weighted by Gasteiger charge is -2.34. The van der Waals surface area contributed by atoms with Crippen molar-refractivity contribution in [3.63, 3.8) is 0 Å². The number of benzene rings is 1. The number of thiophene rings is 1. The number of ether oxygens (including phenoxy) is 1. The fraction of sp³-hybridized carbons (Fsp3) is 0.476. The highest BCUT2D eigenvalue weighted by Gasteiger charge is 2.23. The lowest BCUT2D eigenvalue weighted by molar-refractivity contribution is -0.384. The third-order valence-electron chi connectivity index (χ3n) is 4.93. The van der Waals surface area contributed by atoms with Gasteiger partial charge in [-0.25, -0.2) is 4.99 Å². The third-order valence-corrected chi connectivity index (χ3v) is 5.90. The zero-order valence-electron chi connectivity index (χ0n) is 17.7. The molecule has 31 heavy (non-hydrogen) atoms. The Morgan fingerprint density at radius 2 is 2.00 bits per heavy atom. The molecule has 0 bridgehead atoms. The summed E-state index contributed by atoms with van der Waals surface area (Å²) in [5.41, 5.74) is 1.02. The Labute approximate surface area is 204 Å². The minimum Gasteiger partial charge on any atom is -0.379 e. The summed E-state index contributed by atoms with van der Waals surface area (Å²) in [5, 5.41) is 19.8. The van der Waals surface area contributed by atoms with E-state index in [0.717, 1.165) is 57.3 Å². The van der Waals surface area contributed by atoms with Crippen LogP contribution in [0.1, 0.15) is 29.8 Å². The molecule has 2 aromatic rings. The van der Waals surface area contributed by atoms with Crippen molar-refractivity contribution in [3.05, 3.63) is 62.3 Å². The van der Waals surface area contributed by atoms with E-state index in [9.17, 15) is 10.1 Å². The number of rotatable bonds is 9. The largest absolute Gasteiger partial charge is 0.379 e. The summed E-state index contributed by atoms with van der Waals surface area (Å²) in [6.45, 7) is 7.50. The molecule has 1 unspecified atom stereocenters. The van der Waals surface area contributed by atoms with Gasteiger partial charge in [0.2, 0.25) is 0 Å². The van der Waals surface area contributed by atoms with Crippen molar-refractivity contribution in [2.75, 3.05) is 39.4 Å². The SMILES string of the molecule is CCCNC(=NCc1ccc([N+](=O)[O-])cc1)NCC(c1cccs1)N1CCOCC1.I. The summed E-state index contributed by atoms with van der Waals surface area (Å²) >= 11 is 1.77. The molecule has 0 amide bonds. The van der Waals surface area contributed by atoms with E-state index in [2.05, 4.69) is 45.0 Å². The van der Waals surface area contributed by atoms with Gasteiger partial charge in [-0.05, 0) is 23.4 Å². The van der Waals surface area contributed by atoms with Crippen molar-refractivity contribution in [2.45, 2.75) is 25.9 Å². The second kappa shape index (κ2) is 13.6. The minimum atomic E-state index is -0.390. The molecule has 170 valence electrons. The molecule has 1 aliphatic heterocycles. The highest BCUT2D eigenvalue weighted by molar-refractivity contribution is 14.0. The lowest BCUT2D eigenvalue weighted by atomic mass is 10.2. The number of nitrogens with zero attached hydrogens (tertiary/aromatic N) is 3. The molecule has 1 fully saturated rings. The Bertz CT molecular complexity index is 811. The van der Waals surface area contributed by atoms with Gasteiger partial charge < -0.3 is 15.4 Å². The fourth-order valence-electron chi connectivity index (χ4n) is 3.28. The Hall–Kier alpha value is -1.76.